The summed E-state index contributed by atoms with van der Waals surface area (Å²) in [5.74, 6) is -1.04. The Morgan fingerprint density at radius 1 is 1.19 bits per heavy atom. The molecular formula is C15H23N3O3. The van der Waals surface area contributed by atoms with Crippen molar-refractivity contribution in [1.82, 2.24) is 16.0 Å². The van der Waals surface area contributed by atoms with Crippen molar-refractivity contribution < 1.29 is 14.7 Å². The van der Waals surface area contributed by atoms with Gasteiger partial charge in [0.2, 0.25) is 0 Å². The van der Waals surface area contributed by atoms with Gasteiger partial charge in [-0.1, -0.05) is 37.3 Å². The van der Waals surface area contributed by atoms with Gasteiger partial charge in [-0.15, -0.1) is 0 Å². The lowest BCUT2D eigenvalue weighted by atomic mass is 10.1. The van der Waals surface area contributed by atoms with Gasteiger partial charge in [0.05, 0.1) is 0 Å². The summed E-state index contributed by atoms with van der Waals surface area (Å²) < 4.78 is 0. The molecule has 1 aromatic carbocycles. The molecule has 0 radical (unpaired) electrons. The van der Waals surface area contributed by atoms with Crippen LogP contribution in [-0.4, -0.2) is 42.8 Å². The average molecular weight is 293 g/mol. The molecule has 0 spiro atoms. The van der Waals surface area contributed by atoms with E-state index in [9.17, 15) is 14.7 Å². The molecule has 0 aliphatic rings. The molecule has 0 aliphatic carbocycles. The molecule has 1 atom stereocenters. The first-order valence-corrected chi connectivity index (χ1v) is 7.15. The highest BCUT2D eigenvalue weighted by Gasteiger charge is 2.19. The summed E-state index contributed by atoms with van der Waals surface area (Å²) in [6.07, 6.45) is 1.07. The summed E-state index contributed by atoms with van der Waals surface area (Å²) in [6, 6.07) is 7.85. The van der Waals surface area contributed by atoms with E-state index in [2.05, 4.69) is 16.0 Å². The van der Waals surface area contributed by atoms with Gasteiger partial charge in [-0.3, -0.25) is 0 Å². The minimum Gasteiger partial charge on any atom is -0.480 e. The predicted octanol–water partition coefficient (Wildman–Crippen LogP) is 0.981. The Balaban J connectivity index is 2.36. The number of carbonyl (C=O) groups excluding carboxylic acids is 1. The lowest BCUT2D eigenvalue weighted by Gasteiger charge is -2.15. The number of amides is 2. The second-order valence-electron chi connectivity index (χ2n) is 4.69. The maximum absolute atomic E-state index is 11.7. The molecule has 0 saturated carbocycles. The molecule has 0 saturated heterocycles. The Hall–Kier alpha value is -2.08. The first-order valence-electron chi connectivity index (χ1n) is 7.15. The topological polar surface area (TPSA) is 90.5 Å². The van der Waals surface area contributed by atoms with Crippen LogP contribution in [0.2, 0.25) is 0 Å². The van der Waals surface area contributed by atoms with Crippen molar-refractivity contribution in [1.29, 1.82) is 0 Å². The third-order valence-electron chi connectivity index (χ3n) is 2.95. The van der Waals surface area contributed by atoms with Gasteiger partial charge in [0.1, 0.15) is 6.04 Å². The fraction of sp³-hybridized carbons (Fsp3) is 0.467. The molecule has 6 nitrogen and oxygen atoms in total. The fourth-order valence-electron chi connectivity index (χ4n) is 1.85. The quantitative estimate of drug-likeness (QED) is 0.511. The zero-order valence-corrected chi connectivity index (χ0v) is 12.3. The van der Waals surface area contributed by atoms with E-state index in [1.54, 1.807) is 0 Å². The molecule has 0 heterocycles. The van der Waals surface area contributed by atoms with Gasteiger partial charge in [0.15, 0.2) is 0 Å². The van der Waals surface area contributed by atoms with Crippen LogP contribution in [0, 0.1) is 0 Å². The summed E-state index contributed by atoms with van der Waals surface area (Å²) in [5.41, 5.74) is 0.873. The number of carboxylic acid groups (broad SMARTS) is 1. The van der Waals surface area contributed by atoms with E-state index >= 15 is 0 Å². The van der Waals surface area contributed by atoms with E-state index in [4.69, 9.17) is 0 Å². The molecule has 1 aromatic rings. The van der Waals surface area contributed by atoms with Crippen molar-refractivity contribution in [2.75, 3.05) is 19.6 Å². The summed E-state index contributed by atoms with van der Waals surface area (Å²) in [5, 5.41) is 17.5. The van der Waals surface area contributed by atoms with Gasteiger partial charge in [0, 0.05) is 13.0 Å². The van der Waals surface area contributed by atoms with E-state index < -0.39 is 18.0 Å². The number of nitrogens with one attached hydrogen (secondary N) is 3. The van der Waals surface area contributed by atoms with Crippen LogP contribution in [0.1, 0.15) is 18.9 Å². The largest absolute Gasteiger partial charge is 0.480 e. The van der Waals surface area contributed by atoms with Gasteiger partial charge in [-0.2, -0.15) is 0 Å². The van der Waals surface area contributed by atoms with Gasteiger partial charge in [0.25, 0.3) is 0 Å². The second kappa shape index (κ2) is 9.77. The van der Waals surface area contributed by atoms with Crippen molar-refractivity contribution in [2.45, 2.75) is 25.8 Å². The molecule has 116 valence electrons. The maximum atomic E-state index is 11.7. The lowest BCUT2D eigenvalue weighted by Crippen LogP contribution is -2.47. The number of carbonyl (C=O) groups is 2. The number of benzene rings is 1. The molecule has 6 heteroatoms. The second-order valence-corrected chi connectivity index (χ2v) is 4.69. The fourth-order valence-corrected chi connectivity index (χ4v) is 1.85. The Kier molecular flexibility index (Phi) is 7.89. The minimum absolute atomic E-state index is 0.265. The van der Waals surface area contributed by atoms with E-state index in [-0.39, 0.29) is 6.42 Å². The van der Waals surface area contributed by atoms with E-state index in [1.165, 1.54) is 0 Å². The van der Waals surface area contributed by atoms with E-state index in [0.29, 0.717) is 6.54 Å². The zero-order valence-electron chi connectivity index (χ0n) is 12.3. The molecule has 0 aromatic heterocycles. The number of hydrogen-bond donors (Lipinski definition) is 4. The SMILES string of the molecule is CCNCCCNC(=O)NC(Cc1ccccc1)C(=O)O. The number of aliphatic carboxylic acids is 1. The highest BCUT2D eigenvalue weighted by Crippen LogP contribution is 2.03. The Morgan fingerprint density at radius 3 is 2.52 bits per heavy atom. The summed E-state index contributed by atoms with van der Waals surface area (Å²) in [4.78, 5) is 22.9. The van der Waals surface area contributed by atoms with Crippen LogP contribution in [0.15, 0.2) is 30.3 Å². The van der Waals surface area contributed by atoms with E-state index in [1.807, 2.05) is 37.3 Å². The standard InChI is InChI=1S/C15H23N3O3/c1-2-16-9-6-10-17-15(21)18-13(14(19)20)11-12-7-4-3-5-8-12/h3-5,7-8,13,16H,2,6,9-11H2,1H3,(H,19,20)(H2,17,18,21). The van der Waals surface area contributed by atoms with Crippen LogP contribution in [-0.2, 0) is 11.2 Å². The van der Waals surface area contributed by atoms with Crippen LogP contribution in [0.4, 0.5) is 4.79 Å². The zero-order chi connectivity index (χ0) is 15.5. The molecular weight excluding hydrogens is 270 g/mol. The molecule has 0 fully saturated rings. The molecule has 1 unspecified atom stereocenters. The minimum atomic E-state index is -1.04. The predicted molar refractivity (Wildman–Crippen MR) is 81.3 cm³/mol. The lowest BCUT2D eigenvalue weighted by molar-refractivity contribution is -0.139. The third kappa shape index (κ3) is 7.31. The number of rotatable bonds is 9. The Bertz CT molecular complexity index is 437. The van der Waals surface area contributed by atoms with Crippen LogP contribution < -0.4 is 16.0 Å². The molecule has 0 aliphatic heterocycles. The van der Waals surface area contributed by atoms with Crippen molar-refractivity contribution in [3.05, 3.63) is 35.9 Å². The maximum Gasteiger partial charge on any atom is 0.326 e. The van der Waals surface area contributed by atoms with Gasteiger partial charge < -0.3 is 21.1 Å². The monoisotopic (exact) mass is 293 g/mol. The molecule has 4 N–H and O–H groups in total. The molecule has 1 rings (SSSR count). The average Bonchev–Trinajstić information content (AvgIpc) is 2.47. The van der Waals surface area contributed by atoms with Crippen molar-refractivity contribution in [3.63, 3.8) is 0 Å². The van der Waals surface area contributed by atoms with Gasteiger partial charge >= 0.3 is 12.0 Å². The molecule has 21 heavy (non-hydrogen) atoms. The van der Waals surface area contributed by atoms with Gasteiger partial charge in [-0.05, 0) is 25.1 Å². The molecule has 2 amide bonds. The Morgan fingerprint density at radius 2 is 1.90 bits per heavy atom. The van der Waals surface area contributed by atoms with Crippen molar-refractivity contribution in [2.24, 2.45) is 0 Å². The number of hydrogen-bond acceptors (Lipinski definition) is 3. The third-order valence-corrected chi connectivity index (χ3v) is 2.95. The summed E-state index contributed by atoms with van der Waals surface area (Å²) in [6.45, 7) is 4.24. The normalized spacial score (nSPS) is 11.7. The first-order chi connectivity index (χ1) is 10.1. The van der Waals surface area contributed by atoms with Crippen LogP contribution in [0.5, 0.6) is 0 Å². The highest BCUT2D eigenvalue weighted by molar-refractivity contribution is 5.82. The van der Waals surface area contributed by atoms with Crippen LogP contribution in [0.3, 0.4) is 0 Å². The number of carboxylic acids is 1. The van der Waals surface area contributed by atoms with Crippen molar-refractivity contribution in [3.8, 4) is 0 Å². The first kappa shape index (κ1) is 17.0. The summed E-state index contributed by atoms with van der Waals surface area (Å²) in [7, 11) is 0. The van der Waals surface area contributed by atoms with Gasteiger partial charge in [-0.25, -0.2) is 9.59 Å². The van der Waals surface area contributed by atoms with Crippen LogP contribution in [0.25, 0.3) is 0 Å². The highest BCUT2D eigenvalue weighted by atomic mass is 16.4. The van der Waals surface area contributed by atoms with E-state index in [0.717, 1.165) is 25.1 Å². The smallest absolute Gasteiger partial charge is 0.326 e. The molecule has 0 bridgehead atoms. The van der Waals surface area contributed by atoms with Crippen LogP contribution >= 0.6 is 0 Å². The number of urea groups is 1. The van der Waals surface area contributed by atoms with Crippen molar-refractivity contribution >= 4 is 12.0 Å². The summed E-state index contributed by atoms with van der Waals surface area (Å²) >= 11 is 0. The Labute approximate surface area is 124 Å².